The molecule has 1 amide bonds. The Hall–Kier alpha value is -1.04. The van der Waals surface area contributed by atoms with Gasteiger partial charge in [0.1, 0.15) is 11.6 Å². The number of hydrogen-bond acceptors (Lipinski definition) is 3. The van der Waals surface area contributed by atoms with Crippen molar-refractivity contribution in [1.29, 1.82) is 0 Å². The lowest BCUT2D eigenvalue weighted by molar-refractivity contribution is -0.135. The first-order valence-electron chi connectivity index (χ1n) is 7.64. The Morgan fingerprint density at radius 3 is 2.70 bits per heavy atom. The van der Waals surface area contributed by atoms with Crippen molar-refractivity contribution in [3.8, 4) is 5.75 Å². The van der Waals surface area contributed by atoms with Gasteiger partial charge in [-0.1, -0.05) is 11.6 Å². The third-order valence-electron chi connectivity index (χ3n) is 4.76. The molecule has 0 saturated carbocycles. The van der Waals surface area contributed by atoms with Crippen LogP contribution in [0.5, 0.6) is 5.75 Å². The first-order valence-corrected chi connectivity index (χ1v) is 8.02. The van der Waals surface area contributed by atoms with E-state index in [-0.39, 0.29) is 29.9 Å². The maximum Gasteiger partial charge on any atom is 0.260 e. The number of rotatable bonds is 3. The molecule has 23 heavy (non-hydrogen) atoms. The number of carbonyl (C=O) groups excluding carboxylic acids is 1. The van der Waals surface area contributed by atoms with Gasteiger partial charge in [-0.25, -0.2) is 4.39 Å². The van der Waals surface area contributed by atoms with Crippen LogP contribution in [0.1, 0.15) is 19.3 Å². The summed E-state index contributed by atoms with van der Waals surface area (Å²) in [4.78, 5) is 14.1. The summed E-state index contributed by atoms with van der Waals surface area (Å²) in [6.07, 6.45) is 3.31. The molecule has 0 aromatic heterocycles. The summed E-state index contributed by atoms with van der Waals surface area (Å²) in [6.45, 7) is 3.69. The highest BCUT2D eigenvalue weighted by atomic mass is 35.5. The highest BCUT2D eigenvalue weighted by Gasteiger charge is 2.37. The number of ether oxygens (including phenoxy) is 1. The number of nitrogens with zero attached hydrogens (tertiary/aromatic N) is 1. The van der Waals surface area contributed by atoms with Crippen LogP contribution in [0.3, 0.4) is 0 Å². The molecule has 3 rings (SSSR count). The number of halogens is 3. The van der Waals surface area contributed by atoms with Crippen LogP contribution in [0, 0.1) is 11.2 Å². The van der Waals surface area contributed by atoms with Crippen LogP contribution in [0.4, 0.5) is 4.39 Å². The molecule has 1 aromatic rings. The van der Waals surface area contributed by atoms with Crippen LogP contribution in [-0.2, 0) is 4.79 Å². The zero-order valence-corrected chi connectivity index (χ0v) is 14.4. The molecule has 1 aromatic carbocycles. The molecule has 2 aliphatic rings. The van der Waals surface area contributed by atoms with E-state index in [1.807, 2.05) is 4.90 Å². The van der Waals surface area contributed by atoms with Crippen molar-refractivity contribution < 1.29 is 13.9 Å². The number of piperidine rings is 1. The Morgan fingerprint density at radius 2 is 2.09 bits per heavy atom. The Balaban J connectivity index is 0.00000192. The Morgan fingerprint density at radius 1 is 1.35 bits per heavy atom. The number of nitrogens with one attached hydrogen (secondary N) is 1. The average molecular weight is 363 g/mol. The Labute approximate surface area is 146 Å². The van der Waals surface area contributed by atoms with Crippen LogP contribution in [-0.4, -0.2) is 43.6 Å². The van der Waals surface area contributed by atoms with Gasteiger partial charge in [-0.3, -0.25) is 4.79 Å². The molecular formula is C16H21Cl2FN2O2. The van der Waals surface area contributed by atoms with Gasteiger partial charge in [0.05, 0.1) is 5.02 Å². The van der Waals surface area contributed by atoms with E-state index in [4.69, 9.17) is 16.3 Å². The molecule has 0 unspecified atom stereocenters. The largest absolute Gasteiger partial charge is 0.484 e. The van der Waals surface area contributed by atoms with Gasteiger partial charge in [-0.05, 0) is 43.4 Å². The predicted molar refractivity (Wildman–Crippen MR) is 89.9 cm³/mol. The van der Waals surface area contributed by atoms with Gasteiger partial charge >= 0.3 is 0 Å². The fourth-order valence-corrected chi connectivity index (χ4v) is 3.43. The molecule has 4 nitrogen and oxygen atoms in total. The van der Waals surface area contributed by atoms with E-state index >= 15 is 0 Å². The summed E-state index contributed by atoms with van der Waals surface area (Å²) in [7, 11) is 0. The molecular weight excluding hydrogens is 342 g/mol. The zero-order chi connectivity index (χ0) is 15.6. The Kier molecular flexibility index (Phi) is 6.12. The van der Waals surface area contributed by atoms with E-state index < -0.39 is 5.82 Å². The predicted octanol–water partition coefficient (Wildman–Crippen LogP) is 2.88. The van der Waals surface area contributed by atoms with E-state index in [1.165, 1.54) is 24.6 Å². The number of amides is 1. The second kappa shape index (κ2) is 7.69. The summed E-state index contributed by atoms with van der Waals surface area (Å²) in [6, 6.07) is 4.10. The number of hydrogen-bond donors (Lipinski definition) is 1. The van der Waals surface area contributed by atoms with Crippen LogP contribution in [0.25, 0.3) is 0 Å². The van der Waals surface area contributed by atoms with Crippen molar-refractivity contribution >= 4 is 29.9 Å². The van der Waals surface area contributed by atoms with Crippen LogP contribution in [0.2, 0.25) is 5.02 Å². The van der Waals surface area contributed by atoms with Crippen molar-refractivity contribution in [3.63, 3.8) is 0 Å². The SMILES string of the molecule is Cl.O=C(COc1ccc(F)c(Cl)c1)N1CCC2(CCNC2)CC1. The molecule has 1 N–H and O–H groups in total. The summed E-state index contributed by atoms with van der Waals surface area (Å²) in [5.41, 5.74) is 0.391. The molecule has 1 spiro atoms. The second-order valence-corrected chi connectivity index (χ2v) is 6.58. The molecule has 7 heteroatoms. The molecule has 0 bridgehead atoms. The quantitative estimate of drug-likeness (QED) is 0.898. The van der Waals surface area contributed by atoms with Crippen LogP contribution >= 0.6 is 24.0 Å². The fourth-order valence-electron chi connectivity index (χ4n) is 3.26. The monoisotopic (exact) mass is 362 g/mol. The lowest BCUT2D eigenvalue weighted by atomic mass is 9.78. The first-order chi connectivity index (χ1) is 10.6. The van der Waals surface area contributed by atoms with E-state index in [0.29, 0.717) is 11.2 Å². The van der Waals surface area contributed by atoms with Gasteiger partial charge in [0.2, 0.25) is 0 Å². The molecule has 0 atom stereocenters. The van der Waals surface area contributed by atoms with E-state index in [2.05, 4.69) is 5.32 Å². The lowest BCUT2D eigenvalue weighted by Gasteiger charge is -2.38. The van der Waals surface area contributed by atoms with Crippen LogP contribution in [0.15, 0.2) is 18.2 Å². The lowest BCUT2D eigenvalue weighted by Crippen LogP contribution is -2.45. The fraction of sp³-hybridized carbons (Fsp3) is 0.562. The number of benzene rings is 1. The highest BCUT2D eigenvalue weighted by molar-refractivity contribution is 6.30. The minimum Gasteiger partial charge on any atom is -0.484 e. The van der Waals surface area contributed by atoms with Gasteiger partial charge in [0.25, 0.3) is 5.91 Å². The zero-order valence-electron chi connectivity index (χ0n) is 12.8. The maximum absolute atomic E-state index is 13.1. The van der Waals surface area contributed by atoms with Gasteiger partial charge < -0.3 is 15.0 Å². The van der Waals surface area contributed by atoms with E-state index in [9.17, 15) is 9.18 Å². The first kappa shape index (κ1) is 18.3. The van der Waals surface area contributed by atoms with E-state index in [1.54, 1.807) is 0 Å². The number of carbonyl (C=O) groups is 1. The minimum atomic E-state index is -0.494. The summed E-state index contributed by atoms with van der Waals surface area (Å²) in [5.74, 6) is -0.110. The van der Waals surface area contributed by atoms with Gasteiger partial charge in [0.15, 0.2) is 6.61 Å². The summed E-state index contributed by atoms with van der Waals surface area (Å²) < 4.78 is 18.5. The topological polar surface area (TPSA) is 41.6 Å². The molecule has 2 aliphatic heterocycles. The molecule has 128 valence electrons. The normalized spacial score (nSPS) is 19.5. The Bertz CT molecular complexity index is 555. The molecule has 2 heterocycles. The minimum absolute atomic E-state index is 0. The molecule has 2 fully saturated rings. The molecule has 0 radical (unpaired) electrons. The van der Waals surface area contributed by atoms with Crippen molar-refractivity contribution in [3.05, 3.63) is 29.0 Å². The smallest absolute Gasteiger partial charge is 0.260 e. The third-order valence-corrected chi connectivity index (χ3v) is 5.05. The van der Waals surface area contributed by atoms with E-state index in [0.717, 1.165) is 39.0 Å². The van der Waals surface area contributed by atoms with Crippen molar-refractivity contribution in [2.24, 2.45) is 5.41 Å². The maximum atomic E-state index is 13.1. The summed E-state index contributed by atoms with van der Waals surface area (Å²) in [5, 5.41) is 3.41. The summed E-state index contributed by atoms with van der Waals surface area (Å²) >= 11 is 5.69. The van der Waals surface area contributed by atoms with Gasteiger partial charge in [0, 0.05) is 25.7 Å². The molecule has 0 aliphatic carbocycles. The van der Waals surface area contributed by atoms with Crippen molar-refractivity contribution in [1.82, 2.24) is 10.2 Å². The van der Waals surface area contributed by atoms with Crippen molar-refractivity contribution in [2.75, 3.05) is 32.8 Å². The van der Waals surface area contributed by atoms with Gasteiger partial charge in [-0.15, -0.1) is 12.4 Å². The highest BCUT2D eigenvalue weighted by Crippen LogP contribution is 2.36. The average Bonchev–Trinajstić information content (AvgIpc) is 2.97. The van der Waals surface area contributed by atoms with Crippen molar-refractivity contribution in [2.45, 2.75) is 19.3 Å². The third kappa shape index (κ3) is 4.28. The second-order valence-electron chi connectivity index (χ2n) is 6.17. The standard InChI is InChI=1S/C16H20ClFN2O2.ClH/c17-13-9-12(1-2-14(13)18)22-10-15(21)20-7-4-16(5-8-20)3-6-19-11-16;/h1-2,9,19H,3-8,10-11H2;1H. The molecule has 2 saturated heterocycles. The van der Waals surface area contributed by atoms with Gasteiger partial charge in [-0.2, -0.15) is 0 Å². The van der Waals surface area contributed by atoms with Crippen LogP contribution < -0.4 is 10.1 Å². The number of likely N-dealkylation sites (tertiary alicyclic amines) is 1.